The summed E-state index contributed by atoms with van der Waals surface area (Å²) in [6.07, 6.45) is 2.26. The molecule has 0 radical (unpaired) electrons. The number of benzene rings is 1. The van der Waals surface area contributed by atoms with Crippen molar-refractivity contribution >= 4 is 11.7 Å². The number of ether oxygens (including phenoxy) is 1. The van der Waals surface area contributed by atoms with E-state index in [0.717, 1.165) is 5.69 Å². The van der Waals surface area contributed by atoms with Crippen molar-refractivity contribution in [2.24, 2.45) is 0 Å². The molecule has 1 unspecified atom stereocenters. The maximum atomic E-state index is 11.7. The molecule has 0 fully saturated rings. The first-order chi connectivity index (χ1) is 8.17. The lowest BCUT2D eigenvalue weighted by molar-refractivity contribution is -0.143. The Morgan fingerprint density at radius 1 is 1.47 bits per heavy atom. The Balaban J connectivity index is 2.68. The lowest BCUT2D eigenvalue weighted by Crippen LogP contribution is -2.30. The second kappa shape index (κ2) is 6.74. The summed E-state index contributed by atoms with van der Waals surface area (Å²) in [5.74, 6) is -0.243. The van der Waals surface area contributed by atoms with Gasteiger partial charge in [-0.1, -0.05) is 23.8 Å². The van der Waals surface area contributed by atoms with Crippen molar-refractivity contribution in [3.8, 4) is 0 Å². The van der Waals surface area contributed by atoms with Gasteiger partial charge >= 0.3 is 5.97 Å². The van der Waals surface area contributed by atoms with E-state index < -0.39 is 0 Å². The zero-order chi connectivity index (χ0) is 12.7. The minimum atomic E-state index is -0.366. The third kappa shape index (κ3) is 4.31. The van der Waals surface area contributed by atoms with Crippen LogP contribution in [0.5, 0.6) is 0 Å². The molecule has 0 aliphatic carbocycles. The molecule has 0 aromatic heterocycles. The van der Waals surface area contributed by atoms with E-state index >= 15 is 0 Å². The standard InChI is InChI=1S/C14H19NO2/c1-4-6-13(14(16)17-5-2)15-12-9-7-11(3)8-10-12/h4,7-10,13,15H,1,5-6H2,2-3H3. The maximum absolute atomic E-state index is 11.7. The predicted octanol–water partition coefficient (Wildman–Crippen LogP) is 2.91. The Morgan fingerprint density at radius 2 is 2.12 bits per heavy atom. The third-order valence-corrected chi connectivity index (χ3v) is 2.37. The number of carbonyl (C=O) groups excluding carboxylic acids is 1. The molecule has 1 aromatic rings. The van der Waals surface area contributed by atoms with E-state index in [2.05, 4.69) is 11.9 Å². The lowest BCUT2D eigenvalue weighted by Gasteiger charge is -2.16. The number of aryl methyl sites for hydroxylation is 1. The Bertz CT molecular complexity index is 370. The van der Waals surface area contributed by atoms with Gasteiger partial charge in [0.1, 0.15) is 6.04 Å². The Hall–Kier alpha value is -1.77. The third-order valence-electron chi connectivity index (χ3n) is 2.37. The number of rotatable bonds is 6. The summed E-state index contributed by atoms with van der Waals surface area (Å²) >= 11 is 0. The van der Waals surface area contributed by atoms with Gasteiger partial charge in [-0.2, -0.15) is 0 Å². The molecule has 0 bridgehead atoms. The van der Waals surface area contributed by atoms with Crippen LogP contribution in [-0.4, -0.2) is 18.6 Å². The van der Waals surface area contributed by atoms with E-state index in [0.29, 0.717) is 13.0 Å². The summed E-state index contributed by atoms with van der Waals surface area (Å²) in [6, 6.07) is 7.53. The van der Waals surface area contributed by atoms with Crippen LogP contribution in [0.1, 0.15) is 18.9 Å². The highest BCUT2D eigenvalue weighted by Gasteiger charge is 2.17. The summed E-state index contributed by atoms with van der Waals surface area (Å²) in [7, 11) is 0. The van der Waals surface area contributed by atoms with Crippen LogP contribution in [0.25, 0.3) is 0 Å². The summed E-state index contributed by atoms with van der Waals surface area (Å²) in [5, 5.41) is 3.15. The van der Waals surface area contributed by atoms with E-state index in [1.807, 2.05) is 31.2 Å². The molecule has 0 heterocycles. The van der Waals surface area contributed by atoms with E-state index in [-0.39, 0.29) is 12.0 Å². The van der Waals surface area contributed by atoms with Gasteiger partial charge in [-0.25, -0.2) is 4.79 Å². The molecule has 17 heavy (non-hydrogen) atoms. The normalized spacial score (nSPS) is 11.6. The van der Waals surface area contributed by atoms with Gasteiger partial charge in [-0.15, -0.1) is 6.58 Å². The van der Waals surface area contributed by atoms with Gasteiger partial charge in [0, 0.05) is 5.69 Å². The molecule has 1 atom stereocenters. The molecule has 1 aromatic carbocycles. The summed E-state index contributed by atoms with van der Waals surface area (Å²) in [6.45, 7) is 7.87. The second-order valence-corrected chi connectivity index (χ2v) is 3.84. The van der Waals surface area contributed by atoms with E-state index in [1.165, 1.54) is 5.56 Å². The second-order valence-electron chi connectivity index (χ2n) is 3.84. The summed E-state index contributed by atoms with van der Waals surface area (Å²) in [5.41, 5.74) is 2.10. The highest BCUT2D eigenvalue weighted by molar-refractivity contribution is 5.79. The van der Waals surface area contributed by atoms with Crippen LogP contribution in [-0.2, 0) is 9.53 Å². The molecule has 1 rings (SSSR count). The molecule has 0 spiro atoms. The molecule has 3 heteroatoms. The molecule has 1 N–H and O–H groups in total. The summed E-state index contributed by atoms with van der Waals surface area (Å²) in [4.78, 5) is 11.7. The van der Waals surface area contributed by atoms with Crippen LogP contribution in [0.2, 0.25) is 0 Å². The molecule has 0 aliphatic rings. The first-order valence-electron chi connectivity index (χ1n) is 5.78. The fourth-order valence-corrected chi connectivity index (χ4v) is 1.47. The molecular formula is C14H19NO2. The SMILES string of the molecule is C=CCC(Nc1ccc(C)cc1)C(=O)OCC. The van der Waals surface area contributed by atoms with Crippen molar-refractivity contribution in [3.63, 3.8) is 0 Å². The van der Waals surface area contributed by atoms with Crippen LogP contribution in [0, 0.1) is 6.92 Å². The van der Waals surface area contributed by atoms with Gasteiger partial charge in [0.15, 0.2) is 0 Å². The highest BCUT2D eigenvalue weighted by Crippen LogP contribution is 2.12. The Labute approximate surface area is 102 Å². The molecule has 3 nitrogen and oxygen atoms in total. The first kappa shape index (κ1) is 13.3. The predicted molar refractivity (Wildman–Crippen MR) is 70.0 cm³/mol. The van der Waals surface area contributed by atoms with Gasteiger partial charge in [0.2, 0.25) is 0 Å². The van der Waals surface area contributed by atoms with Gasteiger partial charge in [0.25, 0.3) is 0 Å². The molecular weight excluding hydrogens is 214 g/mol. The van der Waals surface area contributed by atoms with Crippen molar-refractivity contribution in [2.45, 2.75) is 26.3 Å². The van der Waals surface area contributed by atoms with Crippen LogP contribution in [0.15, 0.2) is 36.9 Å². The van der Waals surface area contributed by atoms with Crippen molar-refractivity contribution in [1.29, 1.82) is 0 Å². The topological polar surface area (TPSA) is 38.3 Å². The molecule has 0 aliphatic heterocycles. The number of anilines is 1. The number of hydrogen-bond acceptors (Lipinski definition) is 3. The van der Waals surface area contributed by atoms with Crippen LogP contribution in [0.3, 0.4) is 0 Å². The van der Waals surface area contributed by atoms with E-state index in [4.69, 9.17) is 4.74 Å². The van der Waals surface area contributed by atoms with Crippen LogP contribution < -0.4 is 5.32 Å². The minimum Gasteiger partial charge on any atom is -0.464 e. The van der Waals surface area contributed by atoms with Crippen molar-refractivity contribution in [2.75, 3.05) is 11.9 Å². The van der Waals surface area contributed by atoms with Gasteiger partial charge in [0.05, 0.1) is 6.61 Å². The molecule has 0 saturated carbocycles. The van der Waals surface area contributed by atoms with Crippen molar-refractivity contribution in [1.82, 2.24) is 0 Å². The monoisotopic (exact) mass is 233 g/mol. The fourth-order valence-electron chi connectivity index (χ4n) is 1.47. The zero-order valence-corrected chi connectivity index (χ0v) is 10.4. The highest BCUT2D eigenvalue weighted by atomic mass is 16.5. The minimum absolute atomic E-state index is 0.243. The molecule has 0 saturated heterocycles. The summed E-state index contributed by atoms with van der Waals surface area (Å²) < 4.78 is 5.00. The van der Waals surface area contributed by atoms with Gasteiger partial charge in [-0.3, -0.25) is 0 Å². The van der Waals surface area contributed by atoms with Crippen molar-refractivity contribution < 1.29 is 9.53 Å². The number of nitrogens with one attached hydrogen (secondary N) is 1. The number of carbonyl (C=O) groups is 1. The Morgan fingerprint density at radius 3 is 2.65 bits per heavy atom. The quantitative estimate of drug-likeness (QED) is 0.606. The average Bonchev–Trinajstić information content (AvgIpc) is 2.31. The lowest BCUT2D eigenvalue weighted by atomic mass is 10.1. The number of esters is 1. The van der Waals surface area contributed by atoms with Crippen LogP contribution in [0.4, 0.5) is 5.69 Å². The maximum Gasteiger partial charge on any atom is 0.328 e. The fraction of sp³-hybridized carbons (Fsp3) is 0.357. The molecule has 0 amide bonds. The number of hydrogen-bond donors (Lipinski definition) is 1. The van der Waals surface area contributed by atoms with Gasteiger partial charge < -0.3 is 10.1 Å². The first-order valence-corrected chi connectivity index (χ1v) is 5.78. The zero-order valence-electron chi connectivity index (χ0n) is 10.4. The molecule has 92 valence electrons. The van der Waals surface area contributed by atoms with Crippen LogP contribution >= 0.6 is 0 Å². The smallest absolute Gasteiger partial charge is 0.328 e. The van der Waals surface area contributed by atoms with E-state index in [9.17, 15) is 4.79 Å². The largest absolute Gasteiger partial charge is 0.464 e. The van der Waals surface area contributed by atoms with Crippen molar-refractivity contribution in [3.05, 3.63) is 42.5 Å². The Kier molecular flexibility index (Phi) is 5.27. The average molecular weight is 233 g/mol. The van der Waals surface area contributed by atoms with E-state index in [1.54, 1.807) is 13.0 Å². The van der Waals surface area contributed by atoms with Gasteiger partial charge in [-0.05, 0) is 32.4 Å².